The van der Waals surface area contributed by atoms with Crippen LogP contribution in [-0.2, 0) is 0 Å². The van der Waals surface area contributed by atoms with Gasteiger partial charge in [0.1, 0.15) is 16.7 Å². The van der Waals surface area contributed by atoms with Crippen LogP contribution in [0.3, 0.4) is 0 Å². The Morgan fingerprint density at radius 3 is 1.74 bits per heavy atom. The summed E-state index contributed by atoms with van der Waals surface area (Å²) in [4.78, 5) is 5.07. The number of rotatable bonds is 1. The van der Waals surface area contributed by atoms with E-state index in [0.717, 1.165) is 55.1 Å². The lowest BCUT2D eigenvalue weighted by atomic mass is 9.92. The minimum atomic E-state index is 0.876. The topological polar surface area (TPSA) is 30.4 Å². The van der Waals surface area contributed by atoms with Gasteiger partial charge in [-0.15, -0.1) is 0 Å². The van der Waals surface area contributed by atoms with Gasteiger partial charge >= 0.3 is 0 Å². The summed E-state index contributed by atoms with van der Waals surface area (Å²) in [5.41, 5.74) is 8.20. The number of benzene rings is 7. The first kappa shape index (κ1) is 22.1. The zero-order chi connectivity index (χ0) is 27.4. The lowest BCUT2D eigenvalue weighted by Crippen LogP contribution is -1.89. The highest BCUT2D eigenvalue weighted by Crippen LogP contribution is 2.41. The van der Waals surface area contributed by atoms with Crippen LogP contribution in [0.15, 0.2) is 138 Å². The number of aromatic nitrogens is 2. The van der Waals surface area contributed by atoms with Crippen molar-refractivity contribution in [1.82, 2.24) is 9.38 Å². The number of pyridine rings is 1. The minimum absolute atomic E-state index is 0.876. The number of furan rings is 1. The summed E-state index contributed by atoms with van der Waals surface area (Å²) in [5.74, 6) is 0. The summed E-state index contributed by atoms with van der Waals surface area (Å²) in [6.45, 7) is 0. The second kappa shape index (κ2) is 7.96. The third kappa shape index (κ3) is 2.82. The van der Waals surface area contributed by atoms with Crippen molar-refractivity contribution in [1.29, 1.82) is 0 Å². The largest absolute Gasteiger partial charge is 0.454 e. The van der Waals surface area contributed by atoms with E-state index < -0.39 is 0 Å². The van der Waals surface area contributed by atoms with Crippen LogP contribution in [-0.4, -0.2) is 9.38 Å². The van der Waals surface area contributed by atoms with E-state index in [1.54, 1.807) is 0 Å². The van der Waals surface area contributed by atoms with Crippen LogP contribution >= 0.6 is 0 Å². The number of fused-ring (bicyclic) bond motifs is 16. The Kier molecular flexibility index (Phi) is 4.18. The fourth-order valence-corrected chi connectivity index (χ4v) is 7.07. The van der Waals surface area contributed by atoms with Crippen LogP contribution < -0.4 is 0 Å². The van der Waals surface area contributed by atoms with E-state index in [4.69, 9.17) is 9.40 Å². The molecule has 0 fully saturated rings. The number of hydrogen-bond acceptors (Lipinski definition) is 2. The summed E-state index contributed by atoms with van der Waals surface area (Å²) >= 11 is 0. The molecular formula is C39H22N2O. The molecule has 0 unspecified atom stereocenters. The average molecular weight is 535 g/mol. The molecule has 0 amide bonds. The third-order valence-electron chi connectivity index (χ3n) is 8.94. The average Bonchev–Trinajstić information content (AvgIpc) is 3.63. The normalized spacial score (nSPS) is 12.3. The molecule has 0 bridgehead atoms. The highest BCUT2D eigenvalue weighted by Gasteiger charge is 2.19. The molecule has 10 rings (SSSR count). The van der Waals surface area contributed by atoms with Crippen molar-refractivity contribution < 1.29 is 4.42 Å². The smallest absolute Gasteiger partial charge is 0.160 e. The predicted octanol–water partition coefficient (Wildman–Crippen LogP) is 10.7. The molecule has 0 spiro atoms. The second-order valence-electron chi connectivity index (χ2n) is 11.1. The Morgan fingerprint density at radius 1 is 0.452 bits per heavy atom. The van der Waals surface area contributed by atoms with Crippen molar-refractivity contribution >= 4 is 81.8 Å². The Bertz CT molecular complexity index is 2710. The van der Waals surface area contributed by atoms with E-state index in [2.05, 4.69) is 132 Å². The Balaban J connectivity index is 1.31. The first-order valence-corrected chi connectivity index (χ1v) is 14.3. The monoisotopic (exact) mass is 534 g/mol. The van der Waals surface area contributed by atoms with Crippen LogP contribution in [0.2, 0.25) is 0 Å². The maximum absolute atomic E-state index is 6.61. The summed E-state index contributed by atoms with van der Waals surface area (Å²) in [6.07, 6.45) is 0. The van der Waals surface area contributed by atoms with Crippen molar-refractivity contribution in [2.75, 3.05) is 0 Å². The zero-order valence-corrected chi connectivity index (χ0v) is 22.5. The van der Waals surface area contributed by atoms with Crippen LogP contribution in [0.5, 0.6) is 0 Å². The SMILES string of the molecule is c1ccc2c(c1)nc1c3ccccc3c3oc4ccc(-c5ccc6c7ccccc7c7ccccc7c6c5)cc4c3n21. The van der Waals surface area contributed by atoms with Crippen LogP contribution in [0, 0.1) is 0 Å². The fourth-order valence-electron chi connectivity index (χ4n) is 7.07. The molecule has 3 nitrogen and oxygen atoms in total. The molecule has 3 aromatic heterocycles. The van der Waals surface area contributed by atoms with Gasteiger partial charge in [-0.25, -0.2) is 4.98 Å². The molecule has 3 heteroatoms. The summed E-state index contributed by atoms with van der Waals surface area (Å²) in [5, 5.41) is 11.0. The fraction of sp³-hybridized carbons (Fsp3) is 0. The van der Waals surface area contributed by atoms with Crippen molar-refractivity contribution in [3.63, 3.8) is 0 Å². The Morgan fingerprint density at radius 2 is 1.00 bits per heavy atom. The first-order chi connectivity index (χ1) is 20.8. The molecule has 7 aromatic carbocycles. The molecular weight excluding hydrogens is 512 g/mol. The van der Waals surface area contributed by atoms with Gasteiger partial charge in [0.25, 0.3) is 0 Å². The highest BCUT2D eigenvalue weighted by atomic mass is 16.3. The van der Waals surface area contributed by atoms with E-state index in [-0.39, 0.29) is 0 Å². The molecule has 0 aliphatic heterocycles. The number of hydrogen-bond donors (Lipinski definition) is 0. The quantitative estimate of drug-likeness (QED) is 0.196. The molecule has 42 heavy (non-hydrogen) atoms. The van der Waals surface area contributed by atoms with Gasteiger partial charge in [-0.05, 0) is 73.8 Å². The maximum Gasteiger partial charge on any atom is 0.160 e. The van der Waals surface area contributed by atoms with Gasteiger partial charge in [0.05, 0.1) is 11.0 Å². The first-order valence-electron chi connectivity index (χ1n) is 14.3. The molecule has 0 aliphatic rings. The molecule has 0 atom stereocenters. The summed E-state index contributed by atoms with van der Waals surface area (Å²) in [7, 11) is 0. The molecule has 0 aliphatic carbocycles. The molecule has 10 aromatic rings. The molecule has 194 valence electrons. The van der Waals surface area contributed by atoms with Gasteiger partial charge in [0.15, 0.2) is 5.58 Å². The summed E-state index contributed by atoms with van der Waals surface area (Å²) < 4.78 is 8.89. The molecule has 0 saturated carbocycles. The van der Waals surface area contributed by atoms with E-state index in [1.165, 1.54) is 37.9 Å². The minimum Gasteiger partial charge on any atom is -0.454 e. The van der Waals surface area contributed by atoms with E-state index >= 15 is 0 Å². The van der Waals surface area contributed by atoms with E-state index in [0.29, 0.717) is 0 Å². The van der Waals surface area contributed by atoms with Crippen molar-refractivity contribution in [2.24, 2.45) is 0 Å². The van der Waals surface area contributed by atoms with Crippen LogP contribution in [0.1, 0.15) is 0 Å². The highest BCUT2D eigenvalue weighted by molar-refractivity contribution is 6.26. The number of para-hydroxylation sites is 2. The van der Waals surface area contributed by atoms with Crippen molar-refractivity contribution in [3.8, 4) is 11.1 Å². The van der Waals surface area contributed by atoms with Crippen LogP contribution in [0.4, 0.5) is 0 Å². The third-order valence-corrected chi connectivity index (χ3v) is 8.94. The number of nitrogens with zero attached hydrogens (tertiary/aromatic N) is 2. The van der Waals surface area contributed by atoms with Gasteiger partial charge in [-0.3, -0.25) is 4.40 Å². The van der Waals surface area contributed by atoms with Gasteiger partial charge in [0, 0.05) is 16.2 Å². The number of imidazole rings is 1. The Hall–Kier alpha value is -5.67. The van der Waals surface area contributed by atoms with Gasteiger partial charge in [-0.2, -0.15) is 0 Å². The predicted molar refractivity (Wildman–Crippen MR) is 175 cm³/mol. The lowest BCUT2D eigenvalue weighted by Gasteiger charge is -2.12. The second-order valence-corrected chi connectivity index (χ2v) is 11.1. The van der Waals surface area contributed by atoms with E-state index in [1.807, 2.05) is 6.07 Å². The van der Waals surface area contributed by atoms with E-state index in [9.17, 15) is 0 Å². The molecule has 0 N–H and O–H groups in total. The van der Waals surface area contributed by atoms with Gasteiger partial charge in [0.2, 0.25) is 0 Å². The maximum atomic E-state index is 6.61. The van der Waals surface area contributed by atoms with Crippen molar-refractivity contribution in [3.05, 3.63) is 133 Å². The van der Waals surface area contributed by atoms with Crippen LogP contribution in [0.25, 0.3) is 93.0 Å². The zero-order valence-electron chi connectivity index (χ0n) is 22.5. The van der Waals surface area contributed by atoms with Gasteiger partial charge in [-0.1, -0.05) is 103 Å². The Labute approximate surface area is 239 Å². The van der Waals surface area contributed by atoms with Gasteiger partial charge < -0.3 is 4.42 Å². The summed E-state index contributed by atoms with van der Waals surface area (Å²) in [6, 6.07) is 47.7. The molecule has 0 radical (unpaired) electrons. The standard InChI is InChI=1S/C39H22N2O/c1-2-11-27-25(9-1)26-10-3-4-12-28(26)32-21-23(17-19-29(27)32)24-18-20-36-33(22-24)37-38(42-36)30-13-5-6-14-31(30)39-40-34-15-7-8-16-35(34)41(37)39/h1-22H. The lowest BCUT2D eigenvalue weighted by molar-refractivity contribution is 0.672. The molecule has 0 saturated heterocycles. The van der Waals surface area contributed by atoms with Crippen molar-refractivity contribution in [2.45, 2.75) is 0 Å². The molecule has 3 heterocycles.